The molecule has 1 saturated heterocycles. The van der Waals surface area contributed by atoms with Crippen LogP contribution >= 0.6 is 0 Å². The van der Waals surface area contributed by atoms with Crippen molar-refractivity contribution in [1.29, 1.82) is 0 Å². The Morgan fingerprint density at radius 3 is 2.48 bits per heavy atom. The van der Waals surface area contributed by atoms with Crippen molar-refractivity contribution in [2.24, 2.45) is 0 Å². The topological polar surface area (TPSA) is 52.7 Å². The van der Waals surface area contributed by atoms with Crippen LogP contribution in [0.5, 0.6) is 0 Å². The highest BCUT2D eigenvalue weighted by Gasteiger charge is 2.26. The van der Waals surface area contributed by atoms with Crippen LogP contribution < -0.4 is 5.32 Å². The summed E-state index contributed by atoms with van der Waals surface area (Å²) in [7, 11) is 0. The summed E-state index contributed by atoms with van der Waals surface area (Å²) < 4.78 is 14.0. The van der Waals surface area contributed by atoms with E-state index >= 15 is 0 Å². The average Bonchev–Trinajstić information content (AvgIpc) is 2.95. The lowest BCUT2D eigenvalue weighted by molar-refractivity contribution is -0.120. The van der Waals surface area contributed by atoms with Gasteiger partial charge in [0.2, 0.25) is 5.91 Å². The summed E-state index contributed by atoms with van der Waals surface area (Å²) in [4.78, 5) is 29.3. The van der Waals surface area contributed by atoms with Gasteiger partial charge in [0, 0.05) is 31.7 Å². The molecular formula is C23H28FN3O2. The predicted octanol–water partition coefficient (Wildman–Crippen LogP) is 3.62. The Morgan fingerprint density at radius 2 is 1.76 bits per heavy atom. The number of nitrogens with one attached hydrogen (secondary N) is 1. The maximum Gasteiger partial charge on any atom is 0.253 e. The lowest BCUT2D eigenvalue weighted by Crippen LogP contribution is -2.44. The summed E-state index contributed by atoms with van der Waals surface area (Å²) in [6.07, 6.45) is 0.786. The van der Waals surface area contributed by atoms with Crippen LogP contribution in [0.1, 0.15) is 34.8 Å². The van der Waals surface area contributed by atoms with Gasteiger partial charge in [0.05, 0.1) is 11.7 Å². The monoisotopic (exact) mass is 397 g/mol. The second-order valence-electron chi connectivity index (χ2n) is 7.70. The first kappa shape index (κ1) is 21.0. The van der Waals surface area contributed by atoms with Gasteiger partial charge in [-0.05, 0) is 57.0 Å². The molecule has 1 fully saturated rings. The first-order chi connectivity index (χ1) is 13.8. The van der Waals surface area contributed by atoms with E-state index in [1.165, 1.54) is 6.07 Å². The number of hydrogen-bond donors (Lipinski definition) is 1. The summed E-state index contributed by atoms with van der Waals surface area (Å²) in [5.74, 6) is -0.656. The molecule has 6 heteroatoms. The third-order valence-electron chi connectivity index (χ3n) is 5.39. The molecular weight excluding hydrogens is 369 g/mol. The SMILES string of the molecule is Cc1cccc(C(=O)N2CCCN(C(C)C(=O)Nc3ccc(C)cc3F)CC2)c1. The van der Waals surface area contributed by atoms with Gasteiger partial charge in [-0.25, -0.2) is 4.39 Å². The Morgan fingerprint density at radius 1 is 1.00 bits per heavy atom. The lowest BCUT2D eigenvalue weighted by atomic mass is 10.1. The molecule has 0 aromatic heterocycles. The smallest absolute Gasteiger partial charge is 0.253 e. The van der Waals surface area contributed by atoms with Gasteiger partial charge in [-0.1, -0.05) is 23.8 Å². The van der Waals surface area contributed by atoms with E-state index in [2.05, 4.69) is 5.32 Å². The minimum absolute atomic E-state index is 0.0226. The largest absolute Gasteiger partial charge is 0.337 e. The Hall–Kier alpha value is -2.73. The number of carbonyl (C=O) groups excluding carboxylic acids is 2. The fourth-order valence-corrected chi connectivity index (χ4v) is 3.61. The van der Waals surface area contributed by atoms with Crippen molar-refractivity contribution in [3.8, 4) is 0 Å². The van der Waals surface area contributed by atoms with Gasteiger partial charge >= 0.3 is 0 Å². The number of benzene rings is 2. The van der Waals surface area contributed by atoms with E-state index in [4.69, 9.17) is 0 Å². The molecule has 1 atom stereocenters. The maximum atomic E-state index is 14.0. The minimum atomic E-state index is -0.434. The van der Waals surface area contributed by atoms with Crippen LogP contribution in [0, 0.1) is 19.7 Å². The zero-order chi connectivity index (χ0) is 21.0. The second kappa shape index (κ2) is 9.18. The molecule has 1 aliphatic rings. The molecule has 1 unspecified atom stereocenters. The molecule has 1 aliphatic heterocycles. The van der Waals surface area contributed by atoms with Crippen molar-refractivity contribution < 1.29 is 14.0 Å². The van der Waals surface area contributed by atoms with Gasteiger partial charge in [-0.2, -0.15) is 0 Å². The van der Waals surface area contributed by atoms with E-state index in [-0.39, 0.29) is 17.5 Å². The van der Waals surface area contributed by atoms with Crippen LogP contribution in [-0.2, 0) is 4.79 Å². The van der Waals surface area contributed by atoms with Gasteiger partial charge in [-0.3, -0.25) is 14.5 Å². The van der Waals surface area contributed by atoms with E-state index in [1.807, 2.05) is 47.9 Å². The van der Waals surface area contributed by atoms with Crippen LogP contribution in [0.3, 0.4) is 0 Å². The van der Waals surface area contributed by atoms with Crippen LogP contribution in [0.2, 0.25) is 0 Å². The molecule has 154 valence electrons. The number of aryl methyl sites for hydroxylation is 2. The number of rotatable bonds is 4. The normalized spacial score (nSPS) is 16.2. The zero-order valence-electron chi connectivity index (χ0n) is 17.2. The standard InChI is InChI=1S/C23H28FN3O2/c1-16-6-4-7-19(14-16)23(29)27-11-5-10-26(12-13-27)18(3)22(28)25-21-9-8-17(2)15-20(21)24/h4,6-9,14-15,18H,5,10-13H2,1-3H3,(H,25,28). The highest BCUT2D eigenvalue weighted by molar-refractivity contribution is 5.95. The molecule has 0 spiro atoms. The molecule has 29 heavy (non-hydrogen) atoms. The van der Waals surface area contributed by atoms with Gasteiger partial charge in [0.15, 0.2) is 0 Å². The summed E-state index contributed by atoms with van der Waals surface area (Å²) in [5, 5.41) is 2.68. The van der Waals surface area contributed by atoms with E-state index < -0.39 is 11.9 Å². The van der Waals surface area contributed by atoms with Crippen LogP contribution in [0.25, 0.3) is 0 Å². The quantitative estimate of drug-likeness (QED) is 0.857. The third-order valence-corrected chi connectivity index (χ3v) is 5.39. The number of hydrogen-bond acceptors (Lipinski definition) is 3. The van der Waals surface area contributed by atoms with Crippen molar-refractivity contribution in [1.82, 2.24) is 9.80 Å². The van der Waals surface area contributed by atoms with Crippen molar-refractivity contribution in [3.05, 3.63) is 65.0 Å². The van der Waals surface area contributed by atoms with Crippen molar-refractivity contribution in [2.45, 2.75) is 33.2 Å². The molecule has 0 saturated carbocycles. The molecule has 5 nitrogen and oxygen atoms in total. The summed E-state index contributed by atoms with van der Waals surface area (Å²) in [5.41, 5.74) is 2.75. The molecule has 1 N–H and O–H groups in total. The van der Waals surface area contributed by atoms with E-state index in [1.54, 1.807) is 19.1 Å². The van der Waals surface area contributed by atoms with Crippen LogP contribution in [0.4, 0.5) is 10.1 Å². The molecule has 0 bridgehead atoms. The Bertz CT molecular complexity index is 899. The number of nitrogens with zero attached hydrogens (tertiary/aromatic N) is 2. The Labute approximate surface area is 171 Å². The van der Waals surface area contributed by atoms with Crippen molar-refractivity contribution in [3.63, 3.8) is 0 Å². The third kappa shape index (κ3) is 5.21. The first-order valence-corrected chi connectivity index (χ1v) is 10.0. The average molecular weight is 397 g/mol. The molecule has 1 heterocycles. The summed E-state index contributed by atoms with van der Waals surface area (Å²) >= 11 is 0. The highest BCUT2D eigenvalue weighted by atomic mass is 19.1. The number of amides is 2. The van der Waals surface area contributed by atoms with Crippen LogP contribution in [-0.4, -0.2) is 53.8 Å². The fourth-order valence-electron chi connectivity index (χ4n) is 3.61. The van der Waals surface area contributed by atoms with E-state index in [0.29, 0.717) is 31.7 Å². The Kier molecular flexibility index (Phi) is 6.64. The molecule has 3 rings (SSSR count). The number of carbonyl (C=O) groups is 2. The maximum absolute atomic E-state index is 14.0. The van der Waals surface area contributed by atoms with Crippen molar-refractivity contribution >= 4 is 17.5 Å². The highest BCUT2D eigenvalue weighted by Crippen LogP contribution is 2.17. The molecule has 0 aliphatic carbocycles. The fraction of sp³-hybridized carbons (Fsp3) is 0.391. The molecule has 2 amide bonds. The number of anilines is 1. The Balaban J connectivity index is 1.60. The first-order valence-electron chi connectivity index (χ1n) is 10.0. The minimum Gasteiger partial charge on any atom is -0.337 e. The van der Waals surface area contributed by atoms with Crippen LogP contribution in [0.15, 0.2) is 42.5 Å². The summed E-state index contributed by atoms with van der Waals surface area (Å²) in [6.45, 7) is 8.12. The molecule has 0 radical (unpaired) electrons. The van der Waals surface area contributed by atoms with Crippen molar-refractivity contribution in [2.75, 3.05) is 31.5 Å². The van der Waals surface area contributed by atoms with Gasteiger partial charge in [-0.15, -0.1) is 0 Å². The molecule has 2 aromatic carbocycles. The van der Waals surface area contributed by atoms with E-state index in [0.717, 1.165) is 17.5 Å². The van der Waals surface area contributed by atoms with Gasteiger partial charge < -0.3 is 10.2 Å². The van der Waals surface area contributed by atoms with E-state index in [9.17, 15) is 14.0 Å². The lowest BCUT2D eigenvalue weighted by Gasteiger charge is -2.27. The summed E-state index contributed by atoms with van der Waals surface area (Å²) in [6, 6.07) is 11.9. The zero-order valence-corrected chi connectivity index (χ0v) is 17.2. The van der Waals surface area contributed by atoms with Gasteiger partial charge in [0.1, 0.15) is 5.82 Å². The molecule has 2 aromatic rings. The second-order valence-corrected chi connectivity index (χ2v) is 7.70. The number of halogens is 1. The predicted molar refractivity (Wildman–Crippen MR) is 113 cm³/mol. The van der Waals surface area contributed by atoms with Gasteiger partial charge in [0.25, 0.3) is 5.91 Å².